The minimum absolute atomic E-state index is 0.0839. The number of ether oxygens (including phenoxy) is 2. The Kier molecular flexibility index (Phi) is 6.25. The lowest BCUT2D eigenvalue weighted by Gasteiger charge is -2.27. The van der Waals surface area contributed by atoms with Gasteiger partial charge in [-0.25, -0.2) is 13.2 Å². The van der Waals surface area contributed by atoms with E-state index in [0.29, 0.717) is 36.3 Å². The van der Waals surface area contributed by atoms with Crippen LogP contribution in [0.25, 0.3) is 22.3 Å². The number of aryl methyl sites for hydroxylation is 1. The predicted molar refractivity (Wildman–Crippen MR) is 115 cm³/mol. The van der Waals surface area contributed by atoms with E-state index in [-0.39, 0.29) is 22.9 Å². The molecule has 4 rings (SSSR count). The first-order valence-corrected chi connectivity index (χ1v) is 10.2. The molecule has 0 saturated carbocycles. The fourth-order valence-electron chi connectivity index (χ4n) is 3.73. The minimum atomic E-state index is -0.863. The first kappa shape index (κ1) is 21.3. The monoisotopic (exact) mass is 424 g/mol. The topological polar surface area (TPSA) is 18.5 Å². The number of halogens is 3. The molecule has 0 bridgehead atoms. The van der Waals surface area contributed by atoms with E-state index in [0.717, 1.165) is 5.56 Å². The molecule has 2 nitrogen and oxygen atoms in total. The summed E-state index contributed by atoms with van der Waals surface area (Å²) in [5.41, 5.74) is 3.14. The van der Waals surface area contributed by atoms with Crippen molar-refractivity contribution in [3.8, 4) is 22.3 Å². The van der Waals surface area contributed by atoms with Gasteiger partial charge in [0.1, 0.15) is 5.82 Å². The van der Waals surface area contributed by atoms with Gasteiger partial charge in [0.15, 0.2) is 17.9 Å². The fraction of sp³-hybridized carbons (Fsp3) is 0.231. The summed E-state index contributed by atoms with van der Waals surface area (Å²) in [6.07, 6.45) is 1.73. The highest BCUT2D eigenvalue weighted by molar-refractivity contribution is 5.71. The normalized spacial score (nSPS) is 18.7. The van der Waals surface area contributed by atoms with Crippen molar-refractivity contribution in [3.05, 3.63) is 95.8 Å². The molecule has 3 aromatic carbocycles. The highest BCUT2D eigenvalue weighted by Crippen LogP contribution is 2.30. The second kappa shape index (κ2) is 9.08. The van der Waals surface area contributed by atoms with Crippen LogP contribution in [0.5, 0.6) is 0 Å². The van der Waals surface area contributed by atoms with Crippen molar-refractivity contribution < 1.29 is 22.6 Å². The molecule has 3 aromatic rings. The average Bonchev–Trinajstić information content (AvgIpc) is 2.80. The summed E-state index contributed by atoms with van der Waals surface area (Å²) in [7, 11) is 0. The van der Waals surface area contributed by atoms with E-state index in [1.54, 1.807) is 48.5 Å². The summed E-state index contributed by atoms with van der Waals surface area (Å²) in [5, 5.41) is 0. The summed E-state index contributed by atoms with van der Waals surface area (Å²) in [6.45, 7) is 6.15. The van der Waals surface area contributed by atoms with Gasteiger partial charge in [-0.3, -0.25) is 0 Å². The molecular weight excluding hydrogens is 401 g/mol. The van der Waals surface area contributed by atoms with Crippen LogP contribution in [0.1, 0.15) is 11.1 Å². The molecule has 0 amide bonds. The van der Waals surface area contributed by atoms with Crippen LogP contribution in [-0.4, -0.2) is 19.5 Å². The quantitative estimate of drug-likeness (QED) is 0.438. The van der Waals surface area contributed by atoms with E-state index in [1.165, 1.54) is 13.0 Å². The number of rotatable bonds is 5. The van der Waals surface area contributed by atoms with Crippen LogP contribution in [0.4, 0.5) is 13.2 Å². The highest BCUT2D eigenvalue weighted by Gasteiger charge is 2.21. The lowest BCUT2D eigenvalue weighted by Crippen LogP contribution is -2.32. The lowest BCUT2D eigenvalue weighted by atomic mass is 9.95. The van der Waals surface area contributed by atoms with Crippen LogP contribution in [0.2, 0.25) is 0 Å². The van der Waals surface area contributed by atoms with Crippen LogP contribution in [0, 0.1) is 30.3 Å². The molecule has 0 spiro atoms. The average molecular weight is 424 g/mol. The number of benzene rings is 3. The summed E-state index contributed by atoms with van der Waals surface area (Å²) < 4.78 is 53.9. The molecule has 0 unspecified atom stereocenters. The standard InChI is InChI=1S/C26H23F3O2/c1-3-24-30-14-17(15-31-24)12-21-10-9-20(13-23(21)27)18-5-7-19(8-6-18)22-11-4-16(2)25(28)26(22)29/h3-11,13,17,24H,1,12,14-15H2,2H3. The van der Waals surface area contributed by atoms with Crippen molar-refractivity contribution in [2.24, 2.45) is 5.92 Å². The second-order valence-electron chi connectivity index (χ2n) is 7.78. The molecule has 0 radical (unpaired) electrons. The Morgan fingerprint density at radius 3 is 2.16 bits per heavy atom. The third-order valence-corrected chi connectivity index (χ3v) is 5.55. The van der Waals surface area contributed by atoms with E-state index in [9.17, 15) is 13.2 Å². The maximum atomic E-state index is 14.7. The van der Waals surface area contributed by atoms with Crippen LogP contribution >= 0.6 is 0 Å². The molecule has 31 heavy (non-hydrogen) atoms. The Morgan fingerprint density at radius 1 is 0.871 bits per heavy atom. The van der Waals surface area contributed by atoms with E-state index in [1.807, 2.05) is 6.07 Å². The van der Waals surface area contributed by atoms with Gasteiger partial charge in [0.25, 0.3) is 0 Å². The molecule has 1 aliphatic heterocycles. The van der Waals surface area contributed by atoms with Crippen LogP contribution in [0.3, 0.4) is 0 Å². The smallest absolute Gasteiger partial charge is 0.176 e. The van der Waals surface area contributed by atoms with Crippen LogP contribution in [-0.2, 0) is 15.9 Å². The third-order valence-electron chi connectivity index (χ3n) is 5.55. The molecule has 1 saturated heterocycles. The Balaban J connectivity index is 1.49. The third kappa shape index (κ3) is 4.58. The molecule has 1 fully saturated rings. The Hall–Kier alpha value is -2.89. The van der Waals surface area contributed by atoms with Crippen LogP contribution in [0.15, 0.2) is 67.3 Å². The molecule has 0 N–H and O–H groups in total. The molecule has 1 aliphatic rings. The fourth-order valence-corrected chi connectivity index (χ4v) is 3.73. The summed E-state index contributed by atoms with van der Waals surface area (Å²) in [6, 6.07) is 15.2. The SMILES string of the molecule is C=CC1OCC(Cc2ccc(-c3ccc(-c4ccc(C)c(F)c4F)cc3)cc2F)CO1. The van der Waals surface area contributed by atoms with Gasteiger partial charge in [0.2, 0.25) is 0 Å². The van der Waals surface area contributed by atoms with Gasteiger partial charge in [-0.2, -0.15) is 0 Å². The lowest BCUT2D eigenvalue weighted by molar-refractivity contribution is -0.173. The molecule has 1 heterocycles. The van der Waals surface area contributed by atoms with Gasteiger partial charge < -0.3 is 9.47 Å². The summed E-state index contributed by atoms with van der Waals surface area (Å²) in [5.74, 6) is -1.91. The van der Waals surface area contributed by atoms with Crippen molar-refractivity contribution in [1.29, 1.82) is 0 Å². The van der Waals surface area contributed by atoms with E-state index < -0.39 is 17.9 Å². The van der Waals surface area contributed by atoms with Gasteiger partial charge in [-0.05, 0) is 53.3 Å². The molecular formula is C26H23F3O2. The summed E-state index contributed by atoms with van der Waals surface area (Å²) >= 11 is 0. The highest BCUT2D eigenvalue weighted by atomic mass is 19.2. The van der Waals surface area contributed by atoms with Crippen LogP contribution < -0.4 is 0 Å². The van der Waals surface area contributed by atoms with Gasteiger partial charge in [-0.15, -0.1) is 0 Å². The molecule has 5 heteroatoms. The number of hydrogen-bond acceptors (Lipinski definition) is 2. The molecule has 0 aromatic heterocycles. The Morgan fingerprint density at radius 2 is 1.52 bits per heavy atom. The summed E-state index contributed by atoms with van der Waals surface area (Å²) in [4.78, 5) is 0. The number of hydrogen-bond donors (Lipinski definition) is 0. The van der Waals surface area contributed by atoms with E-state index >= 15 is 0 Å². The zero-order valence-corrected chi connectivity index (χ0v) is 17.2. The first-order chi connectivity index (χ1) is 15.0. The maximum Gasteiger partial charge on any atom is 0.176 e. The van der Waals surface area contributed by atoms with E-state index in [2.05, 4.69) is 6.58 Å². The van der Waals surface area contributed by atoms with Crippen molar-refractivity contribution in [2.45, 2.75) is 19.6 Å². The minimum Gasteiger partial charge on any atom is -0.349 e. The van der Waals surface area contributed by atoms with Crippen molar-refractivity contribution in [3.63, 3.8) is 0 Å². The molecule has 0 aliphatic carbocycles. The zero-order chi connectivity index (χ0) is 22.0. The van der Waals surface area contributed by atoms with Crippen molar-refractivity contribution >= 4 is 0 Å². The van der Waals surface area contributed by atoms with Crippen molar-refractivity contribution in [1.82, 2.24) is 0 Å². The molecule has 0 atom stereocenters. The maximum absolute atomic E-state index is 14.7. The zero-order valence-electron chi connectivity index (χ0n) is 17.2. The van der Waals surface area contributed by atoms with Gasteiger partial charge in [0.05, 0.1) is 13.2 Å². The van der Waals surface area contributed by atoms with E-state index in [4.69, 9.17) is 9.47 Å². The predicted octanol–water partition coefficient (Wildman–Crippen LogP) is 6.46. The first-order valence-electron chi connectivity index (χ1n) is 10.2. The van der Waals surface area contributed by atoms with Gasteiger partial charge >= 0.3 is 0 Å². The Labute approximate surface area is 179 Å². The second-order valence-corrected chi connectivity index (χ2v) is 7.78. The van der Waals surface area contributed by atoms with Gasteiger partial charge in [0, 0.05) is 11.5 Å². The largest absolute Gasteiger partial charge is 0.349 e. The van der Waals surface area contributed by atoms with Gasteiger partial charge in [-0.1, -0.05) is 55.1 Å². The Bertz CT molecular complexity index is 1080. The molecule has 160 valence electrons. The van der Waals surface area contributed by atoms with Crippen molar-refractivity contribution in [2.75, 3.05) is 13.2 Å².